The molecule has 0 N–H and O–H groups in total. The molecule has 0 spiro atoms. The number of carbonyl (C=O) groups excluding carboxylic acids is 2. The molecule has 152 valence electrons. The first-order valence-electron chi connectivity index (χ1n) is 9.49. The van der Waals surface area contributed by atoms with Gasteiger partial charge >= 0.3 is 0 Å². The summed E-state index contributed by atoms with van der Waals surface area (Å²) in [6.45, 7) is 0. The SMILES string of the molecule is O=C(c1ccc(Oc2ccc(C(=O)c3ccccc3F)cc2)cc1)c1ccccc1F. The van der Waals surface area contributed by atoms with Crippen molar-refractivity contribution >= 4 is 11.6 Å². The van der Waals surface area contributed by atoms with Gasteiger partial charge in [0.25, 0.3) is 0 Å². The maximum Gasteiger partial charge on any atom is 0.195 e. The van der Waals surface area contributed by atoms with Crippen molar-refractivity contribution in [1.82, 2.24) is 0 Å². The van der Waals surface area contributed by atoms with Crippen LogP contribution in [0.25, 0.3) is 0 Å². The summed E-state index contributed by atoms with van der Waals surface area (Å²) in [6.07, 6.45) is 0. The van der Waals surface area contributed by atoms with Gasteiger partial charge in [-0.25, -0.2) is 8.78 Å². The molecule has 4 rings (SSSR count). The Bertz CT molecular complexity index is 1150. The van der Waals surface area contributed by atoms with Crippen LogP contribution >= 0.6 is 0 Å². The van der Waals surface area contributed by atoms with Crippen molar-refractivity contribution in [2.45, 2.75) is 0 Å². The van der Waals surface area contributed by atoms with Crippen LogP contribution in [0.15, 0.2) is 97.1 Å². The molecule has 31 heavy (non-hydrogen) atoms. The molecular weight excluding hydrogens is 398 g/mol. The van der Waals surface area contributed by atoms with Gasteiger partial charge in [0, 0.05) is 11.1 Å². The van der Waals surface area contributed by atoms with Crippen LogP contribution in [0.1, 0.15) is 31.8 Å². The van der Waals surface area contributed by atoms with Crippen molar-refractivity contribution in [2.75, 3.05) is 0 Å². The van der Waals surface area contributed by atoms with Gasteiger partial charge < -0.3 is 4.74 Å². The van der Waals surface area contributed by atoms with E-state index < -0.39 is 23.2 Å². The summed E-state index contributed by atoms with van der Waals surface area (Å²) in [5.74, 6) is -1.03. The largest absolute Gasteiger partial charge is 0.457 e. The van der Waals surface area contributed by atoms with Crippen molar-refractivity contribution in [3.8, 4) is 11.5 Å². The number of hydrogen-bond donors (Lipinski definition) is 0. The summed E-state index contributed by atoms with van der Waals surface area (Å²) >= 11 is 0. The molecule has 4 aromatic rings. The molecule has 0 amide bonds. The second-order valence-electron chi connectivity index (χ2n) is 6.77. The molecular formula is C26H16F2O3. The van der Waals surface area contributed by atoms with Crippen LogP contribution in [0.2, 0.25) is 0 Å². The van der Waals surface area contributed by atoms with Crippen LogP contribution in [-0.4, -0.2) is 11.6 Å². The normalized spacial score (nSPS) is 10.5. The molecule has 0 aliphatic rings. The lowest BCUT2D eigenvalue weighted by molar-refractivity contribution is 0.102. The Morgan fingerprint density at radius 2 is 0.871 bits per heavy atom. The highest BCUT2D eigenvalue weighted by molar-refractivity contribution is 6.09. The fourth-order valence-corrected chi connectivity index (χ4v) is 3.09. The van der Waals surface area contributed by atoms with Crippen LogP contribution in [0, 0.1) is 11.6 Å². The van der Waals surface area contributed by atoms with Gasteiger partial charge in [-0.3, -0.25) is 9.59 Å². The van der Waals surface area contributed by atoms with Crippen LogP contribution in [0.4, 0.5) is 8.78 Å². The zero-order valence-corrected chi connectivity index (χ0v) is 16.2. The Morgan fingerprint density at radius 1 is 0.516 bits per heavy atom. The predicted octanol–water partition coefficient (Wildman–Crippen LogP) is 6.22. The second kappa shape index (κ2) is 8.71. The number of benzene rings is 4. The highest BCUT2D eigenvalue weighted by Crippen LogP contribution is 2.24. The number of ether oxygens (including phenoxy) is 1. The van der Waals surface area contributed by atoms with Gasteiger partial charge in [0.2, 0.25) is 0 Å². The molecule has 5 heteroatoms. The molecule has 0 saturated carbocycles. The molecule has 0 radical (unpaired) electrons. The van der Waals surface area contributed by atoms with E-state index in [0.717, 1.165) is 0 Å². The molecule has 0 bridgehead atoms. The Balaban J connectivity index is 1.46. The Labute approximate surface area is 177 Å². The van der Waals surface area contributed by atoms with Crippen molar-refractivity contribution in [2.24, 2.45) is 0 Å². The minimum atomic E-state index is -0.571. The highest BCUT2D eigenvalue weighted by atomic mass is 19.1. The first-order chi connectivity index (χ1) is 15.0. The molecule has 0 aromatic heterocycles. The molecule has 0 aliphatic heterocycles. The quantitative estimate of drug-likeness (QED) is 0.352. The smallest absolute Gasteiger partial charge is 0.195 e. The monoisotopic (exact) mass is 414 g/mol. The zero-order chi connectivity index (χ0) is 21.8. The summed E-state index contributed by atoms with van der Waals surface area (Å²) in [5, 5.41) is 0. The standard InChI is InChI=1S/C26H16F2O3/c27-23-7-3-1-5-21(23)25(29)17-9-13-19(14-10-17)31-20-15-11-18(12-16-20)26(30)22-6-2-4-8-24(22)28/h1-16H. The van der Waals surface area contributed by atoms with E-state index in [-0.39, 0.29) is 11.1 Å². The van der Waals surface area contributed by atoms with E-state index in [2.05, 4.69) is 0 Å². The molecule has 3 nitrogen and oxygen atoms in total. The van der Waals surface area contributed by atoms with Crippen LogP contribution in [0.3, 0.4) is 0 Å². The van der Waals surface area contributed by atoms with Crippen molar-refractivity contribution in [1.29, 1.82) is 0 Å². The first kappa shape index (κ1) is 20.2. The lowest BCUT2D eigenvalue weighted by Gasteiger charge is -2.08. The molecule has 0 heterocycles. The fourth-order valence-electron chi connectivity index (χ4n) is 3.09. The number of hydrogen-bond acceptors (Lipinski definition) is 3. The third kappa shape index (κ3) is 4.41. The van der Waals surface area contributed by atoms with Crippen LogP contribution in [-0.2, 0) is 0 Å². The fraction of sp³-hybridized carbons (Fsp3) is 0. The third-order valence-electron chi connectivity index (χ3n) is 4.71. The topological polar surface area (TPSA) is 43.4 Å². The van der Waals surface area contributed by atoms with Crippen LogP contribution in [0.5, 0.6) is 11.5 Å². The van der Waals surface area contributed by atoms with Gasteiger partial charge in [-0.1, -0.05) is 24.3 Å². The van der Waals surface area contributed by atoms with Crippen molar-refractivity contribution in [3.05, 3.63) is 131 Å². The first-order valence-corrected chi connectivity index (χ1v) is 9.49. The number of ketones is 2. The van der Waals surface area contributed by atoms with Crippen molar-refractivity contribution in [3.63, 3.8) is 0 Å². The summed E-state index contributed by atoms with van der Waals surface area (Å²) in [5.41, 5.74) is 0.684. The van der Waals surface area contributed by atoms with E-state index in [1.54, 1.807) is 60.7 Å². The van der Waals surface area contributed by atoms with E-state index in [4.69, 9.17) is 4.74 Å². The summed E-state index contributed by atoms with van der Waals surface area (Å²) in [4.78, 5) is 24.9. The Hall–Kier alpha value is -4.12. The number of halogens is 2. The average Bonchev–Trinajstić information content (AvgIpc) is 2.80. The summed E-state index contributed by atoms with van der Waals surface area (Å²) in [6, 6.07) is 24.3. The van der Waals surface area contributed by atoms with Gasteiger partial charge in [0.05, 0.1) is 11.1 Å². The average molecular weight is 414 g/mol. The van der Waals surface area contributed by atoms with E-state index >= 15 is 0 Å². The molecule has 0 fully saturated rings. The lowest BCUT2D eigenvalue weighted by Crippen LogP contribution is -2.04. The maximum absolute atomic E-state index is 13.8. The third-order valence-corrected chi connectivity index (χ3v) is 4.71. The van der Waals surface area contributed by atoms with Gasteiger partial charge in [-0.15, -0.1) is 0 Å². The van der Waals surface area contributed by atoms with E-state index in [0.29, 0.717) is 22.6 Å². The van der Waals surface area contributed by atoms with Gasteiger partial charge in [0.1, 0.15) is 23.1 Å². The molecule has 0 aliphatic carbocycles. The summed E-state index contributed by atoms with van der Waals surface area (Å²) < 4.78 is 33.4. The van der Waals surface area contributed by atoms with Crippen molar-refractivity contribution < 1.29 is 23.1 Å². The lowest BCUT2D eigenvalue weighted by atomic mass is 10.0. The number of carbonyl (C=O) groups is 2. The molecule has 0 atom stereocenters. The molecule has 4 aromatic carbocycles. The zero-order valence-electron chi connectivity index (χ0n) is 16.2. The minimum absolute atomic E-state index is 0.00581. The maximum atomic E-state index is 13.8. The predicted molar refractivity (Wildman–Crippen MR) is 113 cm³/mol. The molecule has 0 saturated heterocycles. The van der Waals surface area contributed by atoms with Gasteiger partial charge in [0.15, 0.2) is 11.6 Å². The van der Waals surface area contributed by atoms with E-state index in [1.807, 2.05) is 0 Å². The highest BCUT2D eigenvalue weighted by Gasteiger charge is 2.15. The van der Waals surface area contributed by atoms with Gasteiger partial charge in [-0.05, 0) is 72.8 Å². The Kier molecular flexibility index (Phi) is 5.67. The Morgan fingerprint density at radius 3 is 1.23 bits per heavy atom. The van der Waals surface area contributed by atoms with E-state index in [1.165, 1.54) is 36.4 Å². The number of rotatable bonds is 6. The van der Waals surface area contributed by atoms with Crippen LogP contribution < -0.4 is 4.74 Å². The van der Waals surface area contributed by atoms with E-state index in [9.17, 15) is 18.4 Å². The minimum Gasteiger partial charge on any atom is -0.457 e. The molecule has 0 unspecified atom stereocenters. The van der Waals surface area contributed by atoms with Gasteiger partial charge in [-0.2, -0.15) is 0 Å². The summed E-state index contributed by atoms with van der Waals surface area (Å²) in [7, 11) is 0. The second-order valence-corrected chi connectivity index (χ2v) is 6.77.